The molecule has 1 aliphatic heterocycles. The minimum atomic E-state index is -3.37. The molecule has 0 N–H and O–H groups in total. The van der Waals surface area contributed by atoms with Crippen LogP contribution in [0.3, 0.4) is 0 Å². The topological polar surface area (TPSA) is 49.9 Å². The molecular formula is C10H21ClN2O3S. The first-order valence-corrected chi connectivity index (χ1v) is 7.84. The Morgan fingerprint density at radius 2 is 1.94 bits per heavy atom. The van der Waals surface area contributed by atoms with Gasteiger partial charge < -0.3 is 4.74 Å². The second kappa shape index (κ2) is 6.89. The zero-order valence-corrected chi connectivity index (χ0v) is 12.0. The van der Waals surface area contributed by atoms with E-state index in [0.717, 1.165) is 0 Å². The molecule has 0 saturated carbocycles. The van der Waals surface area contributed by atoms with E-state index >= 15 is 0 Å². The van der Waals surface area contributed by atoms with E-state index in [-0.39, 0.29) is 6.04 Å². The third kappa shape index (κ3) is 4.06. The number of alkyl halides is 1. The Labute approximate surface area is 109 Å². The molecule has 0 bridgehead atoms. The lowest BCUT2D eigenvalue weighted by Gasteiger charge is -2.34. The van der Waals surface area contributed by atoms with Gasteiger partial charge in [0.15, 0.2) is 0 Å². The summed E-state index contributed by atoms with van der Waals surface area (Å²) in [7, 11) is -3.37. The Bertz CT molecular complexity index is 316. The van der Waals surface area contributed by atoms with Crippen molar-refractivity contribution in [2.45, 2.75) is 26.3 Å². The highest BCUT2D eigenvalue weighted by Crippen LogP contribution is 2.15. The number of hydrogen-bond donors (Lipinski definition) is 0. The zero-order valence-electron chi connectivity index (χ0n) is 10.4. The van der Waals surface area contributed by atoms with E-state index in [1.54, 1.807) is 0 Å². The van der Waals surface area contributed by atoms with Crippen LogP contribution in [0.1, 0.15) is 20.3 Å². The molecule has 0 aliphatic carbocycles. The number of halogens is 1. The summed E-state index contributed by atoms with van der Waals surface area (Å²) in [6.07, 6.45) is 0.670. The van der Waals surface area contributed by atoms with Crippen molar-refractivity contribution < 1.29 is 13.2 Å². The number of rotatable bonds is 6. The van der Waals surface area contributed by atoms with Crippen molar-refractivity contribution in [1.82, 2.24) is 8.61 Å². The van der Waals surface area contributed by atoms with Gasteiger partial charge in [-0.15, -0.1) is 11.6 Å². The van der Waals surface area contributed by atoms with Crippen molar-refractivity contribution in [1.29, 1.82) is 0 Å². The number of nitrogens with zero attached hydrogens (tertiary/aromatic N) is 2. The average Bonchev–Trinajstić information content (AvgIpc) is 2.30. The van der Waals surface area contributed by atoms with E-state index in [2.05, 4.69) is 0 Å². The van der Waals surface area contributed by atoms with E-state index in [1.807, 2.05) is 13.8 Å². The molecule has 102 valence electrons. The molecule has 0 atom stereocenters. The zero-order chi connectivity index (χ0) is 12.9. The van der Waals surface area contributed by atoms with Gasteiger partial charge in [-0.1, -0.05) is 0 Å². The van der Waals surface area contributed by atoms with Gasteiger partial charge in [0.05, 0.1) is 13.2 Å². The molecule has 0 radical (unpaired) electrons. The summed E-state index contributed by atoms with van der Waals surface area (Å²) >= 11 is 5.63. The lowest BCUT2D eigenvalue weighted by Crippen LogP contribution is -2.51. The maximum atomic E-state index is 12.4. The fraction of sp³-hybridized carbons (Fsp3) is 1.00. The molecule has 0 spiro atoms. The van der Waals surface area contributed by atoms with Gasteiger partial charge in [0.25, 0.3) is 10.2 Å². The first-order chi connectivity index (χ1) is 8.00. The lowest BCUT2D eigenvalue weighted by molar-refractivity contribution is 0.0695. The molecule has 1 saturated heterocycles. The molecule has 1 heterocycles. The standard InChI is InChI=1S/C10H21ClN2O3S/c1-10(2)13(5-3-4-11)17(14,15)12-6-8-16-9-7-12/h10H,3-9H2,1-2H3. The number of hydrogen-bond acceptors (Lipinski definition) is 3. The fourth-order valence-corrected chi connectivity index (χ4v) is 3.70. The van der Waals surface area contributed by atoms with Gasteiger partial charge >= 0.3 is 0 Å². The van der Waals surface area contributed by atoms with Crippen LogP contribution in [-0.2, 0) is 14.9 Å². The van der Waals surface area contributed by atoms with Crippen molar-refractivity contribution >= 4 is 21.8 Å². The van der Waals surface area contributed by atoms with Crippen LogP contribution in [0.2, 0.25) is 0 Å². The minimum Gasteiger partial charge on any atom is -0.379 e. The van der Waals surface area contributed by atoms with Crippen LogP contribution in [0.25, 0.3) is 0 Å². The van der Waals surface area contributed by atoms with Gasteiger partial charge in [0.1, 0.15) is 0 Å². The molecular weight excluding hydrogens is 264 g/mol. The summed E-state index contributed by atoms with van der Waals surface area (Å²) in [5.74, 6) is 0.474. The second-order valence-electron chi connectivity index (χ2n) is 4.27. The van der Waals surface area contributed by atoms with Crippen molar-refractivity contribution in [3.63, 3.8) is 0 Å². The second-order valence-corrected chi connectivity index (χ2v) is 6.53. The number of morpholine rings is 1. The first-order valence-electron chi connectivity index (χ1n) is 5.90. The van der Waals surface area contributed by atoms with Crippen LogP contribution in [0.5, 0.6) is 0 Å². The highest BCUT2D eigenvalue weighted by Gasteiger charge is 2.32. The lowest BCUT2D eigenvalue weighted by atomic mass is 10.4. The average molecular weight is 285 g/mol. The highest BCUT2D eigenvalue weighted by molar-refractivity contribution is 7.86. The van der Waals surface area contributed by atoms with Gasteiger partial charge in [0.2, 0.25) is 0 Å². The van der Waals surface area contributed by atoms with Gasteiger partial charge in [-0.2, -0.15) is 17.0 Å². The Morgan fingerprint density at radius 3 is 2.41 bits per heavy atom. The van der Waals surface area contributed by atoms with E-state index in [9.17, 15) is 8.42 Å². The largest absolute Gasteiger partial charge is 0.379 e. The summed E-state index contributed by atoms with van der Waals surface area (Å²) in [5, 5.41) is 0. The molecule has 1 fully saturated rings. The van der Waals surface area contributed by atoms with Crippen LogP contribution in [0.4, 0.5) is 0 Å². The van der Waals surface area contributed by atoms with Gasteiger partial charge in [0, 0.05) is 31.6 Å². The molecule has 0 amide bonds. The summed E-state index contributed by atoms with van der Waals surface area (Å²) in [5.41, 5.74) is 0. The van der Waals surface area contributed by atoms with Crippen molar-refractivity contribution in [3.8, 4) is 0 Å². The van der Waals surface area contributed by atoms with Gasteiger partial charge in [-0.05, 0) is 20.3 Å². The van der Waals surface area contributed by atoms with Gasteiger partial charge in [-0.3, -0.25) is 0 Å². The molecule has 5 nitrogen and oxygen atoms in total. The van der Waals surface area contributed by atoms with E-state index in [0.29, 0.717) is 45.1 Å². The van der Waals surface area contributed by atoms with Crippen LogP contribution < -0.4 is 0 Å². The van der Waals surface area contributed by atoms with Crippen LogP contribution >= 0.6 is 11.6 Å². The molecule has 7 heteroatoms. The maximum absolute atomic E-state index is 12.4. The van der Waals surface area contributed by atoms with Crippen LogP contribution in [0, 0.1) is 0 Å². The Balaban J connectivity index is 2.75. The van der Waals surface area contributed by atoms with E-state index < -0.39 is 10.2 Å². The van der Waals surface area contributed by atoms with Crippen molar-refractivity contribution in [2.75, 3.05) is 38.7 Å². The molecule has 1 rings (SSSR count). The molecule has 0 unspecified atom stereocenters. The van der Waals surface area contributed by atoms with E-state index in [4.69, 9.17) is 16.3 Å². The van der Waals surface area contributed by atoms with Crippen LogP contribution in [-0.4, -0.2) is 61.8 Å². The molecule has 17 heavy (non-hydrogen) atoms. The smallest absolute Gasteiger partial charge is 0.282 e. The Morgan fingerprint density at radius 1 is 1.35 bits per heavy atom. The van der Waals surface area contributed by atoms with Crippen LogP contribution in [0.15, 0.2) is 0 Å². The SMILES string of the molecule is CC(C)N(CCCCl)S(=O)(=O)N1CCOCC1. The summed E-state index contributed by atoms with van der Waals surface area (Å²) in [4.78, 5) is 0. The van der Waals surface area contributed by atoms with Crippen molar-refractivity contribution in [3.05, 3.63) is 0 Å². The summed E-state index contributed by atoms with van der Waals surface area (Å²) in [6.45, 7) is 6.06. The predicted molar refractivity (Wildman–Crippen MR) is 68.5 cm³/mol. The quantitative estimate of drug-likeness (QED) is 0.681. The predicted octanol–water partition coefficient (Wildman–Crippen LogP) is 0.903. The number of ether oxygens (including phenoxy) is 1. The maximum Gasteiger partial charge on any atom is 0.282 e. The normalized spacial score (nSPS) is 19.1. The summed E-state index contributed by atoms with van der Waals surface area (Å²) in [6, 6.07) is -0.0499. The molecule has 0 aromatic carbocycles. The first kappa shape index (κ1) is 15.2. The molecule has 1 aliphatic rings. The monoisotopic (exact) mass is 284 g/mol. The minimum absolute atomic E-state index is 0.0499. The molecule has 0 aromatic heterocycles. The van der Waals surface area contributed by atoms with Crippen molar-refractivity contribution in [2.24, 2.45) is 0 Å². The van der Waals surface area contributed by atoms with Gasteiger partial charge in [-0.25, -0.2) is 0 Å². The Hall–Kier alpha value is 0.120. The third-order valence-corrected chi connectivity index (χ3v) is 5.16. The fourth-order valence-electron chi connectivity index (χ4n) is 1.78. The highest BCUT2D eigenvalue weighted by atomic mass is 35.5. The van der Waals surface area contributed by atoms with E-state index in [1.165, 1.54) is 8.61 Å². The summed E-state index contributed by atoms with van der Waals surface area (Å²) < 4.78 is 32.9. The Kier molecular flexibility index (Phi) is 6.16. The third-order valence-electron chi connectivity index (χ3n) is 2.68. The molecule has 0 aromatic rings.